The molecule has 0 aromatic heterocycles. The first-order valence-electron chi connectivity index (χ1n) is 7.85. The average Bonchev–Trinajstić information content (AvgIpc) is 3.23. The van der Waals surface area contributed by atoms with Gasteiger partial charge in [-0.2, -0.15) is 0 Å². The topological polar surface area (TPSA) is 63.2 Å². The van der Waals surface area contributed by atoms with Gasteiger partial charge in [0.05, 0.1) is 16.6 Å². The molecule has 0 radical (unpaired) electrons. The lowest BCUT2D eigenvalue weighted by Gasteiger charge is -2.11. The first-order chi connectivity index (χ1) is 11.7. The van der Waals surface area contributed by atoms with Crippen LogP contribution in [-0.2, 0) is 9.84 Å². The van der Waals surface area contributed by atoms with Gasteiger partial charge in [0.25, 0.3) is 11.8 Å². The molecule has 1 aliphatic carbocycles. The highest BCUT2D eigenvalue weighted by molar-refractivity contribution is 7.91. The molecule has 0 bridgehead atoms. The summed E-state index contributed by atoms with van der Waals surface area (Å²) in [4.78, 5) is 12.5. The summed E-state index contributed by atoms with van der Waals surface area (Å²) in [5, 5.41) is 2.64. The van der Waals surface area contributed by atoms with E-state index in [0.29, 0.717) is 11.3 Å². The molecule has 1 atom stereocenters. The molecule has 1 aliphatic rings. The predicted octanol–water partition coefficient (Wildman–Crippen LogP) is 3.86. The Morgan fingerprint density at radius 3 is 2.32 bits per heavy atom. The van der Waals surface area contributed by atoms with E-state index in [0.717, 1.165) is 0 Å². The van der Waals surface area contributed by atoms with Gasteiger partial charge in [0, 0.05) is 17.7 Å². The third-order valence-electron chi connectivity index (χ3n) is 4.27. The van der Waals surface area contributed by atoms with Gasteiger partial charge in [-0.3, -0.25) is 4.79 Å². The lowest BCUT2D eigenvalue weighted by Crippen LogP contribution is -2.14. The summed E-state index contributed by atoms with van der Waals surface area (Å²) in [6, 6.07) is 12.0. The monoisotopic (exact) mass is 365 g/mol. The van der Waals surface area contributed by atoms with E-state index in [1.807, 2.05) is 0 Å². The van der Waals surface area contributed by atoms with Gasteiger partial charge in [-0.1, -0.05) is 25.1 Å². The highest BCUT2D eigenvalue weighted by Crippen LogP contribution is 2.57. The van der Waals surface area contributed by atoms with Crippen molar-refractivity contribution in [1.29, 1.82) is 0 Å². The van der Waals surface area contributed by atoms with Crippen LogP contribution in [0.1, 0.15) is 35.2 Å². The maximum absolute atomic E-state index is 13.3. The zero-order valence-corrected chi connectivity index (χ0v) is 14.3. The first-order valence-corrected chi connectivity index (χ1v) is 9.51. The highest BCUT2D eigenvalue weighted by atomic mass is 32.2. The van der Waals surface area contributed by atoms with Crippen molar-refractivity contribution in [2.75, 3.05) is 11.1 Å². The maximum atomic E-state index is 13.3. The van der Waals surface area contributed by atoms with E-state index >= 15 is 0 Å². The van der Waals surface area contributed by atoms with Gasteiger partial charge in [-0.25, -0.2) is 17.2 Å². The quantitative estimate of drug-likeness (QED) is 0.875. The second kappa shape index (κ2) is 6.22. The van der Waals surface area contributed by atoms with Crippen LogP contribution in [0.15, 0.2) is 53.4 Å². The van der Waals surface area contributed by atoms with Gasteiger partial charge in [-0.05, 0) is 35.9 Å². The molecule has 0 heterocycles. The van der Waals surface area contributed by atoms with Crippen molar-refractivity contribution in [2.45, 2.75) is 30.1 Å². The Morgan fingerprint density at radius 1 is 1.16 bits per heavy atom. The molecule has 1 saturated carbocycles. The standard InChI is InChI=1S/C18H17F2NO3S/c1-2-25(23,24)13-9-7-12(8-10-13)17(22)21-16-6-4-3-5-14(16)15-11-18(15,19)20/h3-10,15H,2,11H2,1H3,(H,21,22). The number of amides is 1. The van der Waals surface area contributed by atoms with Crippen LogP contribution in [0.5, 0.6) is 0 Å². The highest BCUT2D eigenvalue weighted by Gasteiger charge is 2.58. The normalized spacial score (nSPS) is 18.6. The Labute approximate surface area is 144 Å². The molecule has 1 fully saturated rings. The molecule has 1 N–H and O–H groups in total. The minimum Gasteiger partial charge on any atom is -0.322 e. The number of benzene rings is 2. The number of hydrogen-bond donors (Lipinski definition) is 1. The van der Waals surface area contributed by atoms with Crippen molar-refractivity contribution in [2.24, 2.45) is 0 Å². The van der Waals surface area contributed by atoms with Crippen molar-refractivity contribution < 1.29 is 22.0 Å². The van der Waals surface area contributed by atoms with E-state index in [4.69, 9.17) is 0 Å². The molecule has 7 heteroatoms. The molecule has 0 aliphatic heterocycles. The van der Waals surface area contributed by atoms with Crippen molar-refractivity contribution >= 4 is 21.4 Å². The largest absolute Gasteiger partial charge is 0.322 e. The van der Waals surface area contributed by atoms with Crippen molar-refractivity contribution in [3.8, 4) is 0 Å². The first kappa shape index (κ1) is 17.5. The molecule has 2 aromatic carbocycles. The summed E-state index contributed by atoms with van der Waals surface area (Å²) in [6.07, 6.45) is -0.219. The van der Waals surface area contributed by atoms with E-state index in [2.05, 4.69) is 5.32 Å². The van der Waals surface area contributed by atoms with Gasteiger partial charge >= 0.3 is 0 Å². The molecule has 3 rings (SSSR count). The fourth-order valence-corrected chi connectivity index (χ4v) is 3.52. The lowest BCUT2D eigenvalue weighted by molar-refractivity contribution is 0.102. The zero-order chi connectivity index (χ0) is 18.2. The van der Waals surface area contributed by atoms with Gasteiger partial charge in [-0.15, -0.1) is 0 Å². The van der Waals surface area contributed by atoms with E-state index in [9.17, 15) is 22.0 Å². The molecule has 0 saturated heterocycles. The number of nitrogens with one attached hydrogen (secondary N) is 1. The summed E-state index contributed by atoms with van der Waals surface area (Å²) < 4.78 is 50.3. The van der Waals surface area contributed by atoms with Gasteiger partial charge < -0.3 is 5.32 Å². The van der Waals surface area contributed by atoms with E-state index in [1.54, 1.807) is 31.2 Å². The van der Waals surface area contributed by atoms with Crippen LogP contribution >= 0.6 is 0 Å². The third-order valence-corrected chi connectivity index (χ3v) is 6.02. The maximum Gasteiger partial charge on any atom is 0.256 e. The molecular weight excluding hydrogens is 348 g/mol. The Hall–Kier alpha value is -2.28. The summed E-state index contributed by atoms with van der Waals surface area (Å²) in [5.41, 5.74) is 1.01. The zero-order valence-electron chi connectivity index (χ0n) is 13.5. The fourth-order valence-electron chi connectivity index (χ4n) is 2.64. The van der Waals surface area contributed by atoms with Crippen LogP contribution in [0.4, 0.5) is 14.5 Å². The minimum atomic E-state index is -3.34. The molecule has 1 amide bonds. The second-order valence-electron chi connectivity index (χ2n) is 5.99. The molecule has 1 unspecified atom stereocenters. The number of alkyl halides is 2. The summed E-state index contributed by atoms with van der Waals surface area (Å²) in [6.45, 7) is 1.54. The van der Waals surface area contributed by atoms with Crippen LogP contribution in [-0.4, -0.2) is 26.0 Å². The summed E-state index contributed by atoms with van der Waals surface area (Å²) >= 11 is 0. The molecule has 132 valence electrons. The van der Waals surface area contributed by atoms with Crippen LogP contribution in [0, 0.1) is 0 Å². The SMILES string of the molecule is CCS(=O)(=O)c1ccc(C(=O)Nc2ccccc2C2CC2(F)F)cc1. The molecule has 25 heavy (non-hydrogen) atoms. The molecule has 2 aromatic rings. The fraction of sp³-hybridized carbons (Fsp3) is 0.278. The Bertz CT molecular complexity index is 908. The second-order valence-corrected chi connectivity index (χ2v) is 8.27. The number of rotatable bonds is 5. The number of para-hydroxylation sites is 1. The average molecular weight is 365 g/mol. The van der Waals surface area contributed by atoms with Crippen LogP contribution in [0.2, 0.25) is 0 Å². The van der Waals surface area contributed by atoms with Crippen LogP contribution < -0.4 is 5.32 Å². The molecule has 0 spiro atoms. The number of carbonyl (C=O) groups excluding carboxylic acids is 1. The Balaban J connectivity index is 1.80. The summed E-state index contributed by atoms with van der Waals surface area (Å²) in [7, 11) is -3.34. The number of carbonyl (C=O) groups is 1. The number of halogens is 2. The molecular formula is C18H17F2NO3S. The molecule has 4 nitrogen and oxygen atoms in total. The van der Waals surface area contributed by atoms with Gasteiger partial charge in [0.2, 0.25) is 0 Å². The van der Waals surface area contributed by atoms with Crippen LogP contribution in [0.3, 0.4) is 0 Å². The Kier molecular flexibility index (Phi) is 4.36. The van der Waals surface area contributed by atoms with Crippen molar-refractivity contribution in [1.82, 2.24) is 0 Å². The predicted molar refractivity (Wildman–Crippen MR) is 90.9 cm³/mol. The van der Waals surface area contributed by atoms with Crippen molar-refractivity contribution in [3.05, 3.63) is 59.7 Å². The van der Waals surface area contributed by atoms with Gasteiger partial charge in [0.1, 0.15) is 0 Å². The number of sulfone groups is 1. The summed E-state index contributed by atoms with van der Waals surface area (Å²) in [5.74, 6) is -4.10. The number of anilines is 1. The number of hydrogen-bond acceptors (Lipinski definition) is 3. The van der Waals surface area contributed by atoms with E-state index in [1.165, 1.54) is 24.3 Å². The van der Waals surface area contributed by atoms with Crippen LogP contribution in [0.25, 0.3) is 0 Å². The smallest absolute Gasteiger partial charge is 0.256 e. The lowest BCUT2D eigenvalue weighted by atomic mass is 10.1. The van der Waals surface area contributed by atoms with E-state index < -0.39 is 27.6 Å². The minimum absolute atomic E-state index is 0.0263. The third kappa shape index (κ3) is 3.56. The van der Waals surface area contributed by atoms with E-state index in [-0.39, 0.29) is 22.6 Å². The Morgan fingerprint density at radius 2 is 1.76 bits per heavy atom. The van der Waals surface area contributed by atoms with Gasteiger partial charge in [0.15, 0.2) is 9.84 Å². The van der Waals surface area contributed by atoms with Crippen molar-refractivity contribution in [3.63, 3.8) is 0 Å².